The summed E-state index contributed by atoms with van der Waals surface area (Å²) in [6.07, 6.45) is 4.02. The van der Waals surface area contributed by atoms with Crippen LogP contribution in [0.25, 0.3) is 0 Å². The minimum Gasteiger partial charge on any atom is -0.486 e. The normalized spacial score (nSPS) is 25.5. The monoisotopic (exact) mass is 319 g/mol. The molecule has 1 aliphatic heterocycles. The topological polar surface area (TPSA) is 50.5 Å². The minimum absolute atomic E-state index is 0.342. The quantitative estimate of drug-likeness (QED) is 0.936. The molecule has 5 nitrogen and oxygen atoms in total. The van der Waals surface area contributed by atoms with Crippen LogP contribution in [0, 0.1) is 5.82 Å². The second-order valence-corrected chi connectivity index (χ2v) is 6.43. The van der Waals surface area contributed by atoms with Crippen molar-refractivity contribution in [2.24, 2.45) is 7.05 Å². The lowest BCUT2D eigenvalue weighted by Crippen LogP contribution is -2.56. The first-order valence-corrected chi connectivity index (χ1v) is 7.77. The molecule has 1 N–H and O–H groups in total. The van der Waals surface area contributed by atoms with Gasteiger partial charge in [-0.1, -0.05) is 6.07 Å². The van der Waals surface area contributed by atoms with Crippen LogP contribution < -0.4 is 4.74 Å². The number of ether oxygens (including phenoxy) is 1. The molecule has 3 rings (SSSR count). The smallest absolute Gasteiger partial charge is 0.140 e. The molecular formula is C17H22FN3O2. The van der Waals surface area contributed by atoms with Gasteiger partial charge in [-0.25, -0.2) is 4.39 Å². The molecule has 1 saturated heterocycles. The Morgan fingerprint density at radius 3 is 3.00 bits per heavy atom. The highest BCUT2D eigenvalue weighted by atomic mass is 19.1. The van der Waals surface area contributed by atoms with E-state index in [1.54, 1.807) is 23.7 Å². The predicted octanol–water partition coefficient (Wildman–Crippen LogP) is 1.96. The molecule has 0 bridgehead atoms. The number of aryl methyl sites for hydroxylation is 1. The number of likely N-dealkylation sites (tertiary alicyclic amines) is 1. The second-order valence-electron chi connectivity index (χ2n) is 6.43. The van der Waals surface area contributed by atoms with Gasteiger partial charge in [-0.3, -0.25) is 9.58 Å². The lowest BCUT2D eigenvalue weighted by atomic mass is 9.90. The predicted molar refractivity (Wildman–Crippen MR) is 84.5 cm³/mol. The van der Waals surface area contributed by atoms with E-state index in [1.165, 1.54) is 12.1 Å². The Balaban J connectivity index is 1.69. The van der Waals surface area contributed by atoms with Crippen LogP contribution in [0.1, 0.15) is 18.9 Å². The van der Waals surface area contributed by atoms with E-state index >= 15 is 0 Å². The zero-order valence-corrected chi connectivity index (χ0v) is 13.4. The fourth-order valence-corrected chi connectivity index (χ4v) is 2.89. The first-order chi connectivity index (χ1) is 10.9. The molecule has 0 unspecified atom stereocenters. The fraction of sp³-hybridized carbons (Fsp3) is 0.471. The van der Waals surface area contributed by atoms with Crippen molar-refractivity contribution in [1.29, 1.82) is 0 Å². The number of aliphatic hydroxyl groups is 1. The van der Waals surface area contributed by atoms with Crippen molar-refractivity contribution in [1.82, 2.24) is 14.7 Å². The van der Waals surface area contributed by atoms with E-state index in [0.29, 0.717) is 18.7 Å². The standard InChI is InChI=1S/C17H22FN3O2/c1-17(22)6-7-21(11-13-9-19-20(2)10-13)12-16(17)23-15-5-3-4-14(18)8-15/h3-5,8-10,16,22H,6-7,11-12H2,1-2H3/t16-,17-/m1/s1. The summed E-state index contributed by atoms with van der Waals surface area (Å²) in [5.74, 6) is 0.101. The fourth-order valence-electron chi connectivity index (χ4n) is 2.89. The third-order valence-electron chi connectivity index (χ3n) is 4.29. The first-order valence-electron chi connectivity index (χ1n) is 7.77. The molecule has 1 fully saturated rings. The van der Waals surface area contributed by atoms with Crippen molar-refractivity contribution in [2.75, 3.05) is 13.1 Å². The van der Waals surface area contributed by atoms with Crippen molar-refractivity contribution >= 4 is 0 Å². The number of aromatic nitrogens is 2. The molecule has 0 aliphatic carbocycles. The van der Waals surface area contributed by atoms with Gasteiger partial charge < -0.3 is 9.84 Å². The average molecular weight is 319 g/mol. The lowest BCUT2D eigenvalue weighted by molar-refractivity contribution is -0.0965. The van der Waals surface area contributed by atoms with Gasteiger partial charge in [0.25, 0.3) is 0 Å². The number of rotatable bonds is 4. The Labute approximate surface area is 135 Å². The Hall–Kier alpha value is -1.92. The number of benzene rings is 1. The Kier molecular flexibility index (Phi) is 4.37. The van der Waals surface area contributed by atoms with Crippen LogP contribution in [-0.4, -0.2) is 44.6 Å². The maximum atomic E-state index is 13.3. The summed E-state index contributed by atoms with van der Waals surface area (Å²) in [6, 6.07) is 6.03. The largest absolute Gasteiger partial charge is 0.486 e. The van der Waals surface area contributed by atoms with Crippen LogP contribution in [0.5, 0.6) is 5.75 Å². The second kappa shape index (κ2) is 6.29. The average Bonchev–Trinajstić information content (AvgIpc) is 2.88. The van der Waals surface area contributed by atoms with E-state index in [1.807, 2.05) is 19.4 Å². The highest BCUT2D eigenvalue weighted by Gasteiger charge is 2.39. The number of hydrogen-bond donors (Lipinski definition) is 1. The van der Waals surface area contributed by atoms with Crippen LogP contribution in [0.2, 0.25) is 0 Å². The van der Waals surface area contributed by atoms with Crippen LogP contribution in [0.3, 0.4) is 0 Å². The lowest BCUT2D eigenvalue weighted by Gasteiger charge is -2.42. The van der Waals surface area contributed by atoms with Gasteiger partial charge >= 0.3 is 0 Å². The highest BCUT2D eigenvalue weighted by Crippen LogP contribution is 2.27. The summed E-state index contributed by atoms with van der Waals surface area (Å²) < 4.78 is 21.0. The summed E-state index contributed by atoms with van der Waals surface area (Å²) in [7, 11) is 1.89. The van der Waals surface area contributed by atoms with Gasteiger partial charge in [0.05, 0.1) is 6.20 Å². The van der Waals surface area contributed by atoms with Crippen molar-refractivity contribution < 1.29 is 14.2 Å². The summed E-state index contributed by atoms with van der Waals surface area (Å²) in [5, 5.41) is 14.8. The number of piperidine rings is 1. The van der Waals surface area contributed by atoms with Gasteiger partial charge in [0.1, 0.15) is 23.3 Å². The zero-order valence-electron chi connectivity index (χ0n) is 13.4. The van der Waals surface area contributed by atoms with Gasteiger partial charge in [-0.2, -0.15) is 5.10 Å². The van der Waals surface area contributed by atoms with Crippen molar-refractivity contribution in [3.05, 3.63) is 48.0 Å². The van der Waals surface area contributed by atoms with Crippen LogP contribution >= 0.6 is 0 Å². The molecule has 0 spiro atoms. The van der Waals surface area contributed by atoms with E-state index in [2.05, 4.69) is 10.00 Å². The maximum Gasteiger partial charge on any atom is 0.140 e. The Morgan fingerprint density at radius 2 is 2.30 bits per heavy atom. The summed E-state index contributed by atoms with van der Waals surface area (Å²) in [5.41, 5.74) is 0.191. The minimum atomic E-state index is -0.933. The van der Waals surface area contributed by atoms with Crippen molar-refractivity contribution in [3.63, 3.8) is 0 Å². The number of halogens is 1. The molecule has 1 aromatic heterocycles. The van der Waals surface area contributed by atoms with E-state index in [-0.39, 0.29) is 5.82 Å². The van der Waals surface area contributed by atoms with Crippen molar-refractivity contribution in [3.8, 4) is 5.75 Å². The van der Waals surface area contributed by atoms with E-state index in [4.69, 9.17) is 4.74 Å². The molecule has 0 saturated carbocycles. The molecule has 6 heteroatoms. The van der Waals surface area contributed by atoms with E-state index in [9.17, 15) is 9.50 Å². The van der Waals surface area contributed by atoms with E-state index in [0.717, 1.165) is 18.7 Å². The van der Waals surface area contributed by atoms with Gasteiger partial charge in [-0.15, -0.1) is 0 Å². The van der Waals surface area contributed by atoms with Gasteiger partial charge in [0.2, 0.25) is 0 Å². The molecule has 124 valence electrons. The molecule has 2 aromatic rings. The zero-order chi connectivity index (χ0) is 16.4. The summed E-state index contributed by atoms with van der Waals surface area (Å²) >= 11 is 0. The maximum absolute atomic E-state index is 13.3. The van der Waals surface area contributed by atoms with Crippen LogP contribution in [0.4, 0.5) is 4.39 Å². The summed E-state index contributed by atoms with van der Waals surface area (Å²) in [4.78, 5) is 2.22. The van der Waals surface area contributed by atoms with Crippen LogP contribution in [-0.2, 0) is 13.6 Å². The molecule has 2 atom stereocenters. The molecule has 2 heterocycles. The molecule has 1 aliphatic rings. The van der Waals surface area contributed by atoms with E-state index < -0.39 is 11.7 Å². The third-order valence-corrected chi connectivity index (χ3v) is 4.29. The van der Waals surface area contributed by atoms with Gasteiger partial charge in [-0.05, 0) is 25.5 Å². The number of hydrogen-bond acceptors (Lipinski definition) is 4. The first kappa shape index (κ1) is 16.0. The molecular weight excluding hydrogens is 297 g/mol. The molecule has 0 radical (unpaired) electrons. The Bertz CT molecular complexity index is 671. The molecule has 23 heavy (non-hydrogen) atoms. The SMILES string of the molecule is Cn1cc(CN2CC[C@@](C)(O)[C@H](Oc3cccc(F)c3)C2)cn1. The third kappa shape index (κ3) is 3.89. The van der Waals surface area contributed by atoms with Crippen molar-refractivity contribution in [2.45, 2.75) is 31.6 Å². The van der Waals surface area contributed by atoms with Gasteiger partial charge in [0, 0.05) is 44.5 Å². The molecule has 0 amide bonds. The number of nitrogens with zero attached hydrogens (tertiary/aromatic N) is 3. The van der Waals surface area contributed by atoms with Crippen LogP contribution in [0.15, 0.2) is 36.7 Å². The van der Waals surface area contributed by atoms with Gasteiger partial charge in [0.15, 0.2) is 0 Å². The molecule has 1 aromatic carbocycles. The highest BCUT2D eigenvalue weighted by molar-refractivity contribution is 5.23. The Morgan fingerprint density at radius 1 is 1.48 bits per heavy atom. The summed E-state index contributed by atoms with van der Waals surface area (Å²) in [6.45, 7) is 3.90.